The highest BCUT2D eigenvalue weighted by molar-refractivity contribution is 7.14. The van der Waals surface area contributed by atoms with E-state index in [-0.39, 0.29) is 5.91 Å². The van der Waals surface area contributed by atoms with Crippen molar-refractivity contribution in [3.63, 3.8) is 0 Å². The van der Waals surface area contributed by atoms with Gasteiger partial charge in [-0.05, 0) is 30.8 Å². The summed E-state index contributed by atoms with van der Waals surface area (Å²) in [5.74, 6) is -0.614. The first-order chi connectivity index (χ1) is 8.15. The van der Waals surface area contributed by atoms with Gasteiger partial charge in [0.15, 0.2) is 0 Å². The Morgan fingerprint density at radius 1 is 1.29 bits per heavy atom. The van der Waals surface area contributed by atoms with Gasteiger partial charge in [-0.25, -0.2) is 0 Å². The largest absolute Gasteiger partial charge is 0.366 e. The Kier molecular flexibility index (Phi) is 5.65. The van der Waals surface area contributed by atoms with Gasteiger partial charge >= 0.3 is 0 Å². The standard InChI is InChI=1S/C11H17N3O2S/c12-6-3-1-2-4-9(15)14-11-8(10(13)16)5-7-17-11/h5,7H,1-4,6,12H2,(H2,13,16)(H,14,15). The molecule has 5 N–H and O–H groups in total. The third-order valence-electron chi connectivity index (χ3n) is 2.29. The van der Waals surface area contributed by atoms with Crippen molar-refractivity contribution in [2.75, 3.05) is 11.9 Å². The zero-order valence-corrected chi connectivity index (χ0v) is 10.4. The van der Waals surface area contributed by atoms with Crippen molar-refractivity contribution in [2.45, 2.75) is 25.7 Å². The molecule has 0 aromatic carbocycles. The van der Waals surface area contributed by atoms with E-state index in [4.69, 9.17) is 11.5 Å². The van der Waals surface area contributed by atoms with Crippen molar-refractivity contribution < 1.29 is 9.59 Å². The lowest BCUT2D eigenvalue weighted by molar-refractivity contribution is -0.116. The molecule has 0 atom stereocenters. The summed E-state index contributed by atoms with van der Waals surface area (Å²) in [7, 11) is 0. The number of hydrogen-bond donors (Lipinski definition) is 3. The van der Waals surface area contributed by atoms with Crippen LogP contribution in [0.5, 0.6) is 0 Å². The average molecular weight is 255 g/mol. The number of nitrogens with two attached hydrogens (primary N) is 2. The van der Waals surface area contributed by atoms with Crippen molar-refractivity contribution in [2.24, 2.45) is 11.5 Å². The molecule has 0 unspecified atom stereocenters. The maximum Gasteiger partial charge on any atom is 0.251 e. The van der Waals surface area contributed by atoms with Gasteiger partial charge in [0, 0.05) is 6.42 Å². The lowest BCUT2D eigenvalue weighted by Crippen LogP contribution is -2.16. The lowest BCUT2D eigenvalue weighted by Gasteiger charge is -2.04. The van der Waals surface area contributed by atoms with Gasteiger partial charge in [-0.3, -0.25) is 9.59 Å². The van der Waals surface area contributed by atoms with Gasteiger partial charge in [0.2, 0.25) is 5.91 Å². The predicted octanol–water partition coefficient (Wildman–Crippen LogP) is 1.30. The third-order valence-corrected chi connectivity index (χ3v) is 3.12. The first kappa shape index (κ1) is 13.7. The van der Waals surface area contributed by atoms with Crippen LogP contribution in [0, 0.1) is 0 Å². The van der Waals surface area contributed by atoms with Gasteiger partial charge in [0.25, 0.3) is 5.91 Å². The van der Waals surface area contributed by atoms with E-state index >= 15 is 0 Å². The summed E-state index contributed by atoms with van der Waals surface area (Å²) in [6, 6.07) is 1.61. The maximum atomic E-state index is 11.6. The minimum Gasteiger partial charge on any atom is -0.366 e. The number of unbranched alkanes of at least 4 members (excludes halogenated alkanes) is 2. The van der Waals surface area contributed by atoms with Crippen LogP contribution in [0.1, 0.15) is 36.0 Å². The van der Waals surface area contributed by atoms with Crippen LogP contribution in [0.25, 0.3) is 0 Å². The molecular weight excluding hydrogens is 238 g/mol. The van der Waals surface area contributed by atoms with Crippen LogP contribution in [-0.2, 0) is 4.79 Å². The molecule has 0 bridgehead atoms. The van der Waals surface area contributed by atoms with Gasteiger partial charge in [-0.2, -0.15) is 0 Å². The molecule has 1 aromatic rings. The number of amides is 2. The van der Waals surface area contributed by atoms with E-state index < -0.39 is 5.91 Å². The zero-order chi connectivity index (χ0) is 12.7. The molecule has 0 saturated carbocycles. The molecule has 5 nitrogen and oxygen atoms in total. The summed E-state index contributed by atoms with van der Waals surface area (Å²) in [4.78, 5) is 22.6. The molecular formula is C11H17N3O2S. The van der Waals surface area contributed by atoms with E-state index in [1.165, 1.54) is 11.3 Å². The second kappa shape index (κ2) is 7.03. The van der Waals surface area contributed by atoms with Crippen LogP contribution < -0.4 is 16.8 Å². The topological polar surface area (TPSA) is 98.2 Å². The van der Waals surface area contributed by atoms with Crippen molar-refractivity contribution in [1.29, 1.82) is 0 Å². The summed E-state index contributed by atoms with van der Waals surface area (Å²) < 4.78 is 0. The number of rotatable bonds is 7. The number of carbonyl (C=O) groups excluding carboxylic acids is 2. The van der Waals surface area contributed by atoms with Crippen molar-refractivity contribution in [1.82, 2.24) is 0 Å². The first-order valence-corrected chi connectivity index (χ1v) is 6.40. The summed E-state index contributed by atoms with van der Waals surface area (Å²) in [5, 5.41) is 4.95. The van der Waals surface area contributed by atoms with E-state index in [2.05, 4.69) is 5.32 Å². The van der Waals surface area contributed by atoms with Crippen molar-refractivity contribution >= 4 is 28.2 Å². The fraction of sp³-hybridized carbons (Fsp3) is 0.455. The molecule has 0 aliphatic rings. The molecule has 0 aliphatic carbocycles. The maximum absolute atomic E-state index is 11.6. The molecule has 6 heteroatoms. The van der Waals surface area contributed by atoms with Gasteiger partial charge in [0.1, 0.15) is 5.00 Å². The number of carbonyl (C=O) groups is 2. The smallest absolute Gasteiger partial charge is 0.251 e. The molecule has 1 rings (SSSR count). The Morgan fingerprint density at radius 2 is 2.06 bits per heavy atom. The van der Waals surface area contributed by atoms with E-state index in [0.717, 1.165) is 19.3 Å². The molecule has 0 radical (unpaired) electrons. The molecule has 0 fully saturated rings. The fourth-order valence-electron chi connectivity index (χ4n) is 1.40. The fourth-order valence-corrected chi connectivity index (χ4v) is 2.20. The number of hydrogen-bond acceptors (Lipinski definition) is 4. The normalized spacial score (nSPS) is 10.2. The van der Waals surface area contributed by atoms with E-state index in [0.29, 0.717) is 23.5 Å². The minimum atomic E-state index is -0.523. The molecule has 1 aromatic heterocycles. The van der Waals surface area contributed by atoms with Gasteiger partial charge < -0.3 is 16.8 Å². The van der Waals surface area contributed by atoms with Crippen LogP contribution in [0.2, 0.25) is 0 Å². The summed E-state index contributed by atoms with van der Waals surface area (Å²) >= 11 is 1.30. The minimum absolute atomic E-state index is 0.0908. The summed E-state index contributed by atoms with van der Waals surface area (Å²) in [6.07, 6.45) is 3.12. The lowest BCUT2D eigenvalue weighted by atomic mass is 10.2. The van der Waals surface area contributed by atoms with Crippen LogP contribution in [0.3, 0.4) is 0 Å². The molecule has 0 spiro atoms. The van der Waals surface area contributed by atoms with Crippen LogP contribution in [-0.4, -0.2) is 18.4 Å². The molecule has 94 valence electrons. The van der Waals surface area contributed by atoms with E-state index in [1.807, 2.05) is 0 Å². The second-order valence-corrected chi connectivity index (χ2v) is 4.59. The second-order valence-electron chi connectivity index (χ2n) is 3.68. The number of thiophene rings is 1. The van der Waals surface area contributed by atoms with E-state index in [9.17, 15) is 9.59 Å². The van der Waals surface area contributed by atoms with Crippen LogP contribution in [0.4, 0.5) is 5.00 Å². The number of anilines is 1. The van der Waals surface area contributed by atoms with E-state index in [1.54, 1.807) is 11.4 Å². The Bertz CT molecular complexity index is 390. The highest BCUT2D eigenvalue weighted by atomic mass is 32.1. The number of nitrogens with one attached hydrogen (secondary N) is 1. The molecule has 0 aliphatic heterocycles. The van der Waals surface area contributed by atoms with Gasteiger partial charge in [-0.1, -0.05) is 6.42 Å². The molecule has 0 saturated heterocycles. The SMILES string of the molecule is NCCCCCC(=O)Nc1sccc1C(N)=O. The van der Waals surface area contributed by atoms with Crippen molar-refractivity contribution in [3.8, 4) is 0 Å². The Labute approximate surface area is 104 Å². The predicted molar refractivity (Wildman–Crippen MR) is 69.0 cm³/mol. The Morgan fingerprint density at radius 3 is 2.71 bits per heavy atom. The molecule has 17 heavy (non-hydrogen) atoms. The number of primary amides is 1. The highest BCUT2D eigenvalue weighted by Gasteiger charge is 2.11. The molecule has 1 heterocycles. The van der Waals surface area contributed by atoms with Crippen molar-refractivity contribution in [3.05, 3.63) is 17.0 Å². The molecule has 2 amide bonds. The van der Waals surface area contributed by atoms with Crippen LogP contribution in [0.15, 0.2) is 11.4 Å². The summed E-state index contributed by atoms with van der Waals surface area (Å²) in [5.41, 5.74) is 10.9. The van der Waals surface area contributed by atoms with Crippen LogP contribution >= 0.6 is 11.3 Å². The first-order valence-electron chi connectivity index (χ1n) is 5.52. The Hall–Kier alpha value is -1.40. The zero-order valence-electron chi connectivity index (χ0n) is 9.57. The Balaban J connectivity index is 2.40. The van der Waals surface area contributed by atoms with Gasteiger partial charge in [0.05, 0.1) is 5.56 Å². The summed E-state index contributed by atoms with van der Waals surface area (Å²) in [6.45, 7) is 0.651. The average Bonchev–Trinajstić information content (AvgIpc) is 2.72. The third kappa shape index (κ3) is 4.54. The monoisotopic (exact) mass is 255 g/mol. The quantitative estimate of drug-likeness (QED) is 0.640. The highest BCUT2D eigenvalue weighted by Crippen LogP contribution is 2.22. The van der Waals surface area contributed by atoms with Gasteiger partial charge in [-0.15, -0.1) is 11.3 Å².